The Balaban J connectivity index is 2.13. The van der Waals surface area contributed by atoms with Gasteiger partial charge in [0.1, 0.15) is 12.4 Å². The van der Waals surface area contributed by atoms with Gasteiger partial charge in [0.2, 0.25) is 5.78 Å². The van der Waals surface area contributed by atoms with Crippen LogP contribution in [0.25, 0.3) is 0 Å². The van der Waals surface area contributed by atoms with Crippen molar-refractivity contribution in [2.45, 2.75) is 12.5 Å². The zero-order valence-electron chi connectivity index (χ0n) is 12.7. The SMILES string of the molecule is CN(C)/C=C(\N)C(=O)C1=CC2C=C(OCC(F)F)C(Br)=CC2N1. The Labute approximate surface area is 141 Å². The Bertz CT molecular complexity index is 612. The van der Waals surface area contributed by atoms with Crippen molar-refractivity contribution in [3.8, 4) is 0 Å². The standard InChI is InChI=1S/C15H18BrF2N3O2/c1-21(2)6-10(19)15(22)12-3-8-4-13(23-7-14(17)18)9(16)5-11(8)20-12/h3-6,8,11,14,20H,7,19H2,1-2H3/b10-6-. The van der Waals surface area contributed by atoms with Gasteiger partial charge >= 0.3 is 0 Å². The quantitative estimate of drug-likeness (QED) is 0.678. The Morgan fingerprint density at radius 2 is 2.17 bits per heavy atom. The molecule has 0 saturated carbocycles. The number of carbonyl (C=O) groups is 1. The number of alkyl halides is 2. The van der Waals surface area contributed by atoms with Gasteiger partial charge in [-0.2, -0.15) is 0 Å². The van der Waals surface area contributed by atoms with Crippen LogP contribution in [0.5, 0.6) is 0 Å². The van der Waals surface area contributed by atoms with Crippen molar-refractivity contribution >= 4 is 21.7 Å². The minimum atomic E-state index is -2.54. The van der Waals surface area contributed by atoms with E-state index in [-0.39, 0.29) is 23.4 Å². The van der Waals surface area contributed by atoms with Crippen LogP contribution in [-0.2, 0) is 9.53 Å². The fraction of sp³-hybridized carbons (Fsp3) is 0.400. The first kappa shape index (κ1) is 17.5. The molecule has 1 heterocycles. The summed E-state index contributed by atoms with van der Waals surface area (Å²) in [6, 6.07) is -0.144. The summed E-state index contributed by atoms with van der Waals surface area (Å²) in [4.78, 5) is 14.0. The van der Waals surface area contributed by atoms with Crippen molar-refractivity contribution in [2.24, 2.45) is 11.7 Å². The van der Waals surface area contributed by atoms with Crippen molar-refractivity contribution in [3.05, 3.63) is 46.1 Å². The smallest absolute Gasteiger partial charge is 0.272 e. The molecular formula is C15H18BrF2N3O2. The fourth-order valence-corrected chi connectivity index (χ4v) is 2.85. The van der Waals surface area contributed by atoms with E-state index in [4.69, 9.17) is 10.5 Å². The van der Waals surface area contributed by atoms with Crippen LogP contribution in [0.4, 0.5) is 8.78 Å². The molecule has 0 aromatic rings. The normalized spacial score (nSPS) is 23.6. The molecule has 2 atom stereocenters. The molecule has 2 unspecified atom stereocenters. The molecule has 0 aromatic carbocycles. The van der Waals surface area contributed by atoms with Crippen molar-refractivity contribution in [1.82, 2.24) is 10.2 Å². The molecule has 0 saturated heterocycles. The number of nitrogens with zero attached hydrogens (tertiary/aromatic N) is 1. The summed E-state index contributed by atoms with van der Waals surface area (Å²) in [5.41, 5.74) is 6.27. The van der Waals surface area contributed by atoms with Gasteiger partial charge in [-0.3, -0.25) is 4.79 Å². The lowest BCUT2D eigenvalue weighted by atomic mass is 9.97. The van der Waals surface area contributed by atoms with E-state index in [1.165, 1.54) is 6.20 Å². The molecule has 0 aromatic heterocycles. The summed E-state index contributed by atoms with van der Waals surface area (Å²) >= 11 is 3.29. The number of allylic oxidation sites excluding steroid dienone is 1. The van der Waals surface area contributed by atoms with E-state index in [1.54, 1.807) is 37.2 Å². The molecule has 23 heavy (non-hydrogen) atoms. The van der Waals surface area contributed by atoms with Crippen LogP contribution in [0.2, 0.25) is 0 Å². The molecule has 1 aliphatic carbocycles. The lowest BCUT2D eigenvalue weighted by Gasteiger charge is -2.22. The third-order valence-electron chi connectivity index (χ3n) is 3.27. The van der Waals surface area contributed by atoms with Gasteiger partial charge in [-0.25, -0.2) is 8.78 Å². The van der Waals surface area contributed by atoms with Crippen molar-refractivity contribution in [1.29, 1.82) is 0 Å². The van der Waals surface area contributed by atoms with Crippen LogP contribution in [0.15, 0.2) is 46.1 Å². The number of rotatable bonds is 6. The second-order valence-electron chi connectivity index (χ2n) is 5.45. The molecule has 5 nitrogen and oxygen atoms in total. The Morgan fingerprint density at radius 3 is 2.78 bits per heavy atom. The molecule has 0 fully saturated rings. The zero-order chi connectivity index (χ0) is 17.1. The highest BCUT2D eigenvalue weighted by Gasteiger charge is 2.32. The predicted octanol–water partition coefficient (Wildman–Crippen LogP) is 1.85. The number of fused-ring (bicyclic) bond motifs is 1. The second kappa shape index (κ2) is 7.16. The number of hydrogen-bond acceptors (Lipinski definition) is 5. The zero-order valence-corrected chi connectivity index (χ0v) is 14.3. The number of ether oxygens (including phenoxy) is 1. The summed E-state index contributed by atoms with van der Waals surface area (Å²) in [5, 5.41) is 3.08. The molecule has 8 heteroatoms. The van der Waals surface area contributed by atoms with Gasteiger partial charge in [0.05, 0.1) is 21.9 Å². The van der Waals surface area contributed by atoms with E-state index in [9.17, 15) is 13.6 Å². The molecule has 0 spiro atoms. The third-order valence-corrected chi connectivity index (χ3v) is 3.93. The van der Waals surface area contributed by atoms with Crippen LogP contribution in [0.1, 0.15) is 0 Å². The molecule has 0 radical (unpaired) electrons. The van der Waals surface area contributed by atoms with Gasteiger partial charge in [0, 0.05) is 26.2 Å². The highest BCUT2D eigenvalue weighted by atomic mass is 79.9. The van der Waals surface area contributed by atoms with E-state index in [0.29, 0.717) is 15.9 Å². The summed E-state index contributed by atoms with van der Waals surface area (Å²) in [6.07, 6.45) is 4.21. The minimum absolute atomic E-state index is 0.119. The molecule has 1 aliphatic heterocycles. The summed E-state index contributed by atoms with van der Waals surface area (Å²) in [6.45, 7) is -0.673. The first-order valence-corrected chi connectivity index (χ1v) is 7.74. The second-order valence-corrected chi connectivity index (χ2v) is 6.31. The Kier molecular flexibility index (Phi) is 5.46. The maximum Gasteiger partial charge on any atom is 0.272 e. The van der Waals surface area contributed by atoms with Crippen LogP contribution in [0, 0.1) is 5.92 Å². The van der Waals surface area contributed by atoms with Crippen LogP contribution >= 0.6 is 15.9 Å². The van der Waals surface area contributed by atoms with Crippen LogP contribution in [-0.4, -0.2) is 43.9 Å². The topological polar surface area (TPSA) is 67.6 Å². The lowest BCUT2D eigenvalue weighted by Crippen LogP contribution is -2.31. The number of hydrogen-bond donors (Lipinski definition) is 2. The predicted molar refractivity (Wildman–Crippen MR) is 86.5 cm³/mol. The van der Waals surface area contributed by atoms with E-state index in [2.05, 4.69) is 21.2 Å². The molecule has 3 N–H and O–H groups in total. The molecule has 126 valence electrons. The monoisotopic (exact) mass is 389 g/mol. The fourth-order valence-electron chi connectivity index (χ4n) is 2.32. The number of Topliss-reactive ketones (excluding diaryl/α,β-unsaturated/α-hetero) is 1. The molecule has 2 aliphatic rings. The average Bonchev–Trinajstić information content (AvgIpc) is 2.85. The maximum atomic E-state index is 12.3. The number of nitrogens with two attached hydrogens (primary N) is 1. The Morgan fingerprint density at radius 1 is 1.48 bits per heavy atom. The lowest BCUT2D eigenvalue weighted by molar-refractivity contribution is -0.112. The van der Waals surface area contributed by atoms with Gasteiger partial charge in [-0.1, -0.05) is 0 Å². The Hall–Kier alpha value is -1.83. The highest BCUT2D eigenvalue weighted by Crippen LogP contribution is 2.33. The van der Waals surface area contributed by atoms with E-state index >= 15 is 0 Å². The number of nitrogens with one attached hydrogen (secondary N) is 1. The minimum Gasteiger partial charge on any atom is -0.487 e. The van der Waals surface area contributed by atoms with E-state index in [1.807, 2.05) is 0 Å². The van der Waals surface area contributed by atoms with Gasteiger partial charge in [-0.05, 0) is 34.2 Å². The summed E-state index contributed by atoms with van der Waals surface area (Å²) in [5.74, 6) is -0.119. The van der Waals surface area contributed by atoms with Crippen LogP contribution in [0.3, 0.4) is 0 Å². The van der Waals surface area contributed by atoms with E-state index < -0.39 is 13.0 Å². The first-order valence-electron chi connectivity index (χ1n) is 6.95. The van der Waals surface area contributed by atoms with E-state index in [0.717, 1.165) is 0 Å². The number of carbonyl (C=O) groups excluding carboxylic acids is 1. The number of halogens is 3. The average molecular weight is 390 g/mol. The van der Waals surface area contributed by atoms with Gasteiger partial charge in [-0.15, -0.1) is 0 Å². The largest absolute Gasteiger partial charge is 0.487 e. The van der Waals surface area contributed by atoms with Gasteiger partial charge < -0.3 is 20.7 Å². The summed E-state index contributed by atoms with van der Waals surface area (Å²) < 4.78 is 30.2. The third kappa shape index (κ3) is 4.34. The van der Waals surface area contributed by atoms with Crippen molar-refractivity contribution < 1.29 is 18.3 Å². The molecule has 0 amide bonds. The highest BCUT2D eigenvalue weighted by molar-refractivity contribution is 9.11. The first-order chi connectivity index (χ1) is 10.8. The van der Waals surface area contributed by atoms with Gasteiger partial charge in [0.25, 0.3) is 6.43 Å². The molecular weight excluding hydrogens is 372 g/mol. The maximum absolute atomic E-state index is 12.3. The number of ketones is 1. The van der Waals surface area contributed by atoms with Crippen LogP contribution < -0.4 is 11.1 Å². The van der Waals surface area contributed by atoms with Gasteiger partial charge in [0.15, 0.2) is 0 Å². The van der Waals surface area contributed by atoms with Crippen molar-refractivity contribution in [2.75, 3.05) is 20.7 Å². The van der Waals surface area contributed by atoms with Crippen molar-refractivity contribution in [3.63, 3.8) is 0 Å². The summed E-state index contributed by atoms with van der Waals surface area (Å²) in [7, 11) is 3.54. The molecule has 2 rings (SSSR count). The molecule has 0 bridgehead atoms.